The average molecular weight is 353 g/mol. The van der Waals surface area contributed by atoms with Gasteiger partial charge in [0.25, 0.3) is 0 Å². The van der Waals surface area contributed by atoms with Crippen LogP contribution in [0.25, 0.3) is 0 Å². The number of aromatic nitrogens is 2. The van der Waals surface area contributed by atoms with Crippen LogP contribution in [0.15, 0.2) is 0 Å². The lowest BCUT2D eigenvalue weighted by atomic mass is 10.0. The Kier molecular flexibility index (Phi) is 5.21. The minimum absolute atomic E-state index is 0.0720. The van der Waals surface area contributed by atoms with Crippen LogP contribution in [0.5, 0.6) is 0 Å². The van der Waals surface area contributed by atoms with Crippen LogP contribution in [0.3, 0.4) is 0 Å². The topological polar surface area (TPSA) is 64.2 Å². The highest BCUT2D eigenvalue weighted by atomic mass is 35.5. The molecular formula is C18H29ClN4O. The van der Waals surface area contributed by atoms with Gasteiger partial charge >= 0.3 is 0 Å². The molecule has 0 bridgehead atoms. The van der Waals surface area contributed by atoms with Crippen molar-refractivity contribution in [3.8, 4) is 0 Å². The quantitative estimate of drug-likeness (QED) is 0.904. The molecule has 0 unspecified atom stereocenters. The molecule has 2 aliphatic rings. The van der Waals surface area contributed by atoms with Crippen LogP contribution in [-0.2, 0) is 11.3 Å². The predicted molar refractivity (Wildman–Crippen MR) is 95.8 cm³/mol. The van der Waals surface area contributed by atoms with Gasteiger partial charge in [0, 0.05) is 30.6 Å². The maximum atomic E-state index is 13.0. The summed E-state index contributed by atoms with van der Waals surface area (Å²) in [4.78, 5) is 15.0. The molecule has 24 heavy (non-hydrogen) atoms. The Hall–Kier alpha value is -1.07. The second kappa shape index (κ2) is 7.04. The fourth-order valence-corrected chi connectivity index (χ4v) is 4.59. The van der Waals surface area contributed by atoms with E-state index in [9.17, 15) is 4.79 Å². The zero-order chi connectivity index (χ0) is 17.4. The number of hydrogen-bond donors (Lipinski definition) is 1. The molecule has 1 aromatic heterocycles. The molecule has 2 heterocycles. The Balaban J connectivity index is 1.83. The summed E-state index contributed by atoms with van der Waals surface area (Å²) in [5.41, 5.74) is 8.00. The molecular weight excluding hydrogens is 324 g/mol. The first-order chi connectivity index (χ1) is 11.4. The van der Waals surface area contributed by atoms with Crippen LogP contribution in [0, 0.1) is 18.8 Å². The largest absolute Gasteiger partial charge is 0.335 e. The van der Waals surface area contributed by atoms with E-state index in [1.807, 2.05) is 16.5 Å². The van der Waals surface area contributed by atoms with Gasteiger partial charge in [-0.25, -0.2) is 0 Å². The lowest BCUT2D eigenvalue weighted by Crippen LogP contribution is -2.35. The Morgan fingerprint density at radius 3 is 2.75 bits per heavy atom. The Labute approximate surface area is 149 Å². The first-order valence-corrected chi connectivity index (χ1v) is 9.55. The molecule has 1 amide bonds. The molecule has 3 atom stereocenters. The van der Waals surface area contributed by atoms with E-state index in [2.05, 4.69) is 18.9 Å². The summed E-state index contributed by atoms with van der Waals surface area (Å²) in [5, 5.41) is 5.33. The molecule has 2 fully saturated rings. The van der Waals surface area contributed by atoms with E-state index in [4.69, 9.17) is 17.3 Å². The van der Waals surface area contributed by atoms with Crippen LogP contribution >= 0.6 is 11.6 Å². The summed E-state index contributed by atoms with van der Waals surface area (Å²) >= 11 is 6.65. The zero-order valence-electron chi connectivity index (χ0n) is 15.0. The minimum Gasteiger partial charge on any atom is -0.335 e. The van der Waals surface area contributed by atoms with Gasteiger partial charge in [0.1, 0.15) is 5.15 Å². The van der Waals surface area contributed by atoms with Crippen molar-refractivity contribution in [2.45, 2.75) is 71.5 Å². The van der Waals surface area contributed by atoms with E-state index in [1.165, 1.54) is 0 Å². The molecule has 1 aromatic rings. The lowest BCUT2D eigenvalue weighted by Gasteiger charge is -2.27. The van der Waals surface area contributed by atoms with E-state index >= 15 is 0 Å². The summed E-state index contributed by atoms with van der Waals surface area (Å²) < 4.78 is 1.89. The van der Waals surface area contributed by atoms with E-state index < -0.39 is 0 Å². The number of rotatable bonds is 4. The van der Waals surface area contributed by atoms with Crippen molar-refractivity contribution >= 4 is 17.5 Å². The predicted octanol–water partition coefficient (Wildman–Crippen LogP) is 3.29. The van der Waals surface area contributed by atoms with Gasteiger partial charge in [-0.1, -0.05) is 25.4 Å². The van der Waals surface area contributed by atoms with Crippen molar-refractivity contribution in [3.05, 3.63) is 16.4 Å². The van der Waals surface area contributed by atoms with Crippen LogP contribution < -0.4 is 5.73 Å². The van der Waals surface area contributed by atoms with Gasteiger partial charge in [0.15, 0.2) is 0 Å². The van der Waals surface area contributed by atoms with E-state index in [1.54, 1.807) is 0 Å². The highest BCUT2D eigenvalue weighted by Gasteiger charge is 2.39. The molecule has 5 nitrogen and oxygen atoms in total. The average Bonchev–Trinajstić information content (AvgIpc) is 3.19. The summed E-state index contributed by atoms with van der Waals surface area (Å²) in [7, 11) is 0. The number of aryl methyl sites for hydroxylation is 1. The van der Waals surface area contributed by atoms with Crippen molar-refractivity contribution in [2.75, 3.05) is 6.54 Å². The van der Waals surface area contributed by atoms with Gasteiger partial charge in [-0.3, -0.25) is 9.48 Å². The van der Waals surface area contributed by atoms with Crippen molar-refractivity contribution in [1.82, 2.24) is 14.7 Å². The van der Waals surface area contributed by atoms with Gasteiger partial charge in [-0.15, -0.1) is 0 Å². The SMILES string of the molecule is Cc1nn(CC(C)C)c(Cl)c1[C@@H]1CCCN1C(=O)[C@H]1CC[C@@H](N)C1. The van der Waals surface area contributed by atoms with E-state index in [-0.39, 0.29) is 23.9 Å². The number of nitrogens with two attached hydrogens (primary N) is 1. The van der Waals surface area contributed by atoms with Gasteiger partial charge in [0.05, 0.1) is 11.7 Å². The van der Waals surface area contributed by atoms with Gasteiger partial charge in [-0.2, -0.15) is 5.10 Å². The fourth-order valence-electron chi connectivity index (χ4n) is 4.22. The number of likely N-dealkylation sites (tertiary alicyclic amines) is 1. The number of nitrogens with zero attached hydrogens (tertiary/aromatic N) is 3. The van der Waals surface area contributed by atoms with E-state index in [0.29, 0.717) is 11.1 Å². The molecule has 1 saturated carbocycles. The summed E-state index contributed by atoms with van der Waals surface area (Å²) in [6.07, 6.45) is 4.70. The molecule has 0 spiro atoms. The van der Waals surface area contributed by atoms with Gasteiger partial charge in [0.2, 0.25) is 5.91 Å². The number of halogens is 1. The summed E-state index contributed by atoms with van der Waals surface area (Å²) in [5.74, 6) is 0.832. The molecule has 0 aromatic carbocycles. The first-order valence-electron chi connectivity index (χ1n) is 9.17. The van der Waals surface area contributed by atoms with Crippen LogP contribution in [0.2, 0.25) is 5.15 Å². The number of carbonyl (C=O) groups is 1. The van der Waals surface area contributed by atoms with Gasteiger partial charge < -0.3 is 10.6 Å². The molecule has 0 radical (unpaired) electrons. The number of amides is 1. The van der Waals surface area contributed by atoms with Crippen molar-refractivity contribution in [1.29, 1.82) is 0 Å². The monoisotopic (exact) mass is 352 g/mol. The Morgan fingerprint density at radius 2 is 2.12 bits per heavy atom. The normalized spacial score (nSPS) is 27.4. The van der Waals surface area contributed by atoms with E-state index in [0.717, 1.165) is 56.5 Å². The smallest absolute Gasteiger partial charge is 0.226 e. The number of carbonyl (C=O) groups excluding carboxylic acids is 1. The van der Waals surface area contributed by atoms with Crippen LogP contribution in [-0.4, -0.2) is 33.2 Å². The zero-order valence-corrected chi connectivity index (χ0v) is 15.7. The lowest BCUT2D eigenvalue weighted by molar-refractivity contribution is -0.136. The molecule has 2 N–H and O–H groups in total. The number of hydrogen-bond acceptors (Lipinski definition) is 3. The maximum absolute atomic E-state index is 13.0. The van der Waals surface area contributed by atoms with Crippen molar-refractivity contribution in [3.63, 3.8) is 0 Å². The minimum atomic E-state index is 0.0720. The second-order valence-corrected chi connectivity index (χ2v) is 8.18. The third kappa shape index (κ3) is 3.33. The van der Waals surface area contributed by atoms with Crippen LogP contribution in [0.1, 0.15) is 63.3 Å². The molecule has 134 valence electrons. The van der Waals surface area contributed by atoms with Gasteiger partial charge in [-0.05, 0) is 44.9 Å². The Morgan fingerprint density at radius 1 is 1.38 bits per heavy atom. The molecule has 1 aliphatic heterocycles. The second-order valence-electron chi connectivity index (χ2n) is 7.83. The maximum Gasteiger partial charge on any atom is 0.226 e. The standard InChI is InChI=1S/C18H29ClN4O/c1-11(2)10-23-17(19)16(12(3)21-23)15-5-4-8-22(15)18(24)13-6-7-14(20)9-13/h11,13-15H,4-10,20H2,1-3H3/t13-,14+,15-/m0/s1. The highest BCUT2D eigenvalue weighted by molar-refractivity contribution is 6.30. The highest BCUT2D eigenvalue weighted by Crippen LogP contribution is 2.40. The molecule has 1 aliphatic carbocycles. The van der Waals surface area contributed by atoms with Crippen LogP contribution in [0.4, 0.5) is 0 Å². The van der Waals surface area contributed by atoms with Crippen molar-refractivity contribution < 1.29 is 4.79 Å². The molecule has 1 saturated heterocycles. The fraction of sp³-hybridized carbons (Fsp3) is 0.778. The third-order valence-corrected chi connectivity index (χ3v) is 5.74. The Bertz CT molecular complexity index is 612. The summed E-state index contributed by atoms with van der Waals surface area (Å²) in [6, 6.07) is 0.252. The van der Waals surface area contributed by atoms with Crippen molar-refractivity contribution in [2.24, 2.45) is 17.6 Å². The molecule has 6 heteroatoms. The first kappa shape index (κ1) is 17.7. The molecule has 3 rings (SSSR count). The summed E-state index contributed by atoms with van der Waals surface area (Å²) in [6.45, 7) is 7.94. The third-order valence-electron chi connectivity index (χ3n) is 5.34.